The molecule has 5 nitrogen and oxygen atoms in total. The second-order valence-corrected chi connectivity index (χ2v) is 10.3. The molecule has 1 aromatic carbocycles. The molecular formula is C21H33N3O2S. The maximum atomic E-state index is 13.1. The van der Waals surface area contributed by atoms with Crippen LogP contribution in [0.1, 0.15) is 37.3 Å². The third-order valence-corrected chi connectivity index (χ3v) is 8.60. The fourth-order valence-corrected chi connectivity index (χ4v) is 6.36. The van der Waals surface area contributed by atoms with Crippen molar-refractivity contribution < 1.29 is 8.42 Å². The van der Waals surface area contributed by atoms with Crippen LogP contribution < -0.4 is 0 Å². The summed E-state index contributed by atoms with van der Waals surface area (Å²) in [5.41, 5.74) is 2.56. The number of rotatable bonds is 5. The first-order valence-electron chi connectivity index (χ1n) is 10.6. The van der Waals surface area contributed by atoms with Crippen LogP contribution in [-0.4, -0.2) is 74.9 Å². The summed E-state index contributed by atoms with van der Waals surface area (Å²) in [4.78, 5) is 5.57. The largest absolute Gasteiger partial charge is 0.301 e. The predicted molar refractivity (Wildman–Crippen MR) is 109 cm³/mol. The van der Waals surface area contributed by atoms with Crippen molar-refractivity contribution in [3.63, 3.8) is 0 Å². The molecule has 2 saturated heterocycles. The molecule has 0 aromatic heterocycles. The van der Waals surface area contributed by atoms with E-state index in [0.717, 1.165) is 58.3 Å². The van der Waals surface area contributed by atoms with Crippen LogP contribution in [0.15, 0.2) is 23.1 Å². The third-order valence-electron chi connectivity index (χ3n) is 6.71. The summed E-state index contributed by atoms with van der Waals surface area (Å²) in [7, 11) is -3.34. The van der Waals surface area contributed by atoms with Crippen LogP contribution in [0.25, 0.3) is 0 Å². The monoisotopic (exact) mass is 391 g/mol. The number of hydrogen-bond donors (Lipinski definition) is 0. The highest BCUT2D eigenvalue weighted by Gasteiger charge is 2.31. The minimum absolute atomic E-state index is 0.497. The Kier molecular flexibility index (Phi) is 5.88. The van der Waals surface area contributed by atoms with Gasteiger partial charge in [0, 0.05) is 45.8 Å². The number of aryl methyl sites for hydroxylation is 2. The topological polar surface area (TPSA) is 43.9 Å². The molecule has 6 heteroatoms. The van der Waals surface area contributed by atoms with E-state index in [4.69, 9.17) is 0 Å². The van der Waals surface area contributed by atoms with E-state index in [0.29, 0.717) is 23.9 Å². The van der Waals surface area contributed by atoms with Gasteiger partial charge in [-0.2, -0.15) is 4.31 Å². The molecule has 0 saturated carbocycles. The number of nitrogens with zero attached hydrogens (tertiary/aromatic N) is 3. The Hall–Kier alpha value is -0.950. The number of likely N-dealkylation sites (N-methyl/N-ethyl adjacent to an activating group) is 1. The van der Waals surface area contributed by atoms with E-state index >= 15 is 0 Å². The number of piperidine rings is 1. The molecule has 0 spiro atoms. The van der Waals surface area contributed by atoms with Crippen molar-refractivity contribution >= 4 is 10.0 Å². The van der Waals surface area contributed by atoms with Crippen LogP contribution in [-0.2, 0) is 22.9 Å². The highest BCUT2D eigenvalue weighted by Crippen LogP contribution is 2.28. The van der Waals surface area contributed by atoms with Gasteiger partial charge in [0.2, 0.25) is 10.0 Å². The van der Waals surface area contributed by atoms with Crippen LogP contribution in [0, 0.1) is 5.92 Å². The van der Waals surface area contributed by atoms with Gasteiger partial charge < -0.3 is 9.80 Å². The first-order valence-corrected chi connectivity index (χ1v) is 12.1. The van der Waals surface area contributed by atoms with Gasteiger partial charge in [0.05, 0.1) is 4.90 Å². The third kappa shape index (κ3) is 4.24. The molecular weight excluding hydrogens is 358 g/mol. The maximum absolute atomic E-state index is 13.1. The zero-order valence-corrected chi connectivity index (χ0v) is 17.4. The summed E-state index contributed by atoms with van der Waals surface area (Å²) in [5.74, 6) is 0.629. The number of fused-ring (bicyclic) bond motifs is 1. The smallest absolute Gasteiger partial charge is 0.243 e. The van der Waals surface area contributed by atoms with E-state index in [9.17, 15) is 8.42 Å². The van der Waals surface area contributed by atoms with Gasteiger partial charge in [-0.05, 0) is 67.8 Å². The Balaban J connectivity index is 1.32. The zero-order valence-electron chi connectivity index (χ0n) is 16.6. The fourth-order valence-electron chi connectivity index (χ4n) is 4.84. The lowest BCUT2D eigenvalue weighted by Crippen LogP contribution is -2.49. The molecule has 2 aliphatic heterocycles. The minimum Gasteiger partial charge on any atom is -0.301 e. The molecule has 150 valence electrons. The molecule has 0 bridgehead atoms. The highest BCUT2D eigenvalue weighted by atomic mass is 32.2. The summed E-state index contributed by atoms with van der Waals surface area (Å²) in [6.45, 7) is 10.5. The van der Waals surface area contributed by atoms with Crippen LogP contribution >= 0.6 is 0 Å². The maximum Gasteiger partial charge on any atom is 0.243 e. The SMILES string of the molecule is CCN1CCN(CC2CCN(S(=O)(=O)c3ccc4c(c3)CCC4)CC2)CC1. The molecule has 0 radical (unpaired) electrons. The normalized spacial score (nSPS) is 23.6. The first kappa shape index (κ1) is 19.4. The van der Waals surface area contributed by atoms with Gasteiger partial charge in [-0.1, -0.05) is 13.0 Å². The predicted octanol–water partition coefficient (Wildman–Crippen LogP) is 2.21. The van der Waals surface area contributed by atoms with Gasteiger partial charge in [0.15, 0.2) is 0 Å². The lowest BCUT2D eigenvalue weighted by atomic mass is 9.97. The Labute approximate surface area is 164 Å². The van der Waals surface area contributed by atoms with Crippen molar-refractivity contribution in [3.8, 4) is 0 Å². The Morgan fingerprint density at radius 3 is 2.30 bits per heavy atom. The highest BCUT2D eigenvalue weighted by molar-refractivity contribution is 7.89. The summed E-state index contributed by atoms with van der Waals surface area (Å²) in [6.07, 6.45) is 5.23. The summed E-state index contributed by atoms with van der Waals surface area (Å²) >= 11 is 0. The van der Waals surface area contributed by atoms with Gasteiger partial charge in [-0.25, -0.2) is 8.42 Å². The van der Waals surface area contributed by atoms with E-state index in [1.54, 1.807) is 4.31 Å². The van der Waals surface area contributed by atoms with Gasteiger partial charge >= 0.3 is 0 Å². The number of sulfonamides is 1. The summed E-state index contributed by atoms with van der Waals surface area (Å²) < 4.78 is 27.8. The number of benzene rings is 1. The van der Waals surface area contributed by atoms with Gasteiger partial charge in [-0.15, -0.1) is 0 Å². The quantitative estimate of drug-likeness (QED) is 0.772. The van der Waals surface area contributed by atoms with Crippen molar-refractivity contribution in [3.05, 3.63) is 29.3 Å². The number of piperazine rings is 1. The molecule has 27 heavy (non-hydrogen) atoms. The van der Waals surface area contributed by atoms with Gasteiger partial charge in [-0.3, -0.25) is 0 Å². The summed E-state index contributed by atoms with van der Waals surface area (Å²) in [5, 5.41) is 0. The molecule has 1 aliphatic carbocycles. The first-order chi connectivity index (χ1) is 13.1. The molecule has 0 amide bonds. The van der Waals surface area contributed by atoms with Crippen LogP contribution in [0.3, 0.4) is 0 Å². The molecule has 0 N–H and O–H groups in total. The van der Waals surface area contributed by atoms with Crippen LogP contribution in [0.2, 0.25) is 0 Å². The van der Waals surface area contributed by atoms with E-state index in [1.807, 2.05) is 18.2 Å². The molecule has 4 rings (SSSR count). The molecule has 0 atom stereocenters. The van der Waals surface area contributed by atoms with Crippen molar-refractivity contribution in [1.29, 1.82) is 0 Å². The second kappa shape index (κ2) is 8.19. The minimum atomic E-state index is -3.34. The fraction of sp³-hybridized carbons (Fsp3) is 0.714. The van der Waals surface area contributed by atoms with Gasteiger partial charge in [0.25, 0.3) is 0 Å². The lowest BCUT2D eigenvalue weighted by molar-refractivity contribution is 0.109. The van der Waals surface area contributed by atoms with Crippen molar-refractivity contribution in [2.45, 2.75) is 43.9 Å². The van der Waals surface area contributed by atoms with Crippen molar-refractivity contribution in [1.82, 2.24) is 14.1 Å². The average Bonchev–Trinajstić information content (AvgIpc) is 3.17. The molecule has 2 fully saturated rings. The van der Waals surface area contributed by atoms with E-state index in [1.165, 1.54) is 24.2 Å². The second-order valence-electron chi connectivity index (χ2n) is 8.37. The van der Waals surface area contributed by atoms with E-state index in [2.05, 4.69) is 16.7 Å². The molecule has 1 aromatic rings. The van der Waals surface area contributed by atoms with Crippen LogP contribution in [0.5, 0.6) is 0 Å². The number of hydrogen-bond acceptors (Lipinski definition) is 4. The molecule has 0 unspecified atom stereocenters. The zero-order chi connectivity index (χ0) is 18.9. The average molecular weight is 392 g/mol. The standard InChI is InChI=1S/C21H33N3O2S/c1-2-22-12-14-23(15-13-22)17-18-8-10-24(11-9-18)27(25,26)21-7-6-19-4-3-5-20(19)16-21/h6-7,16,18H,2-5,8-15,17H2,1H3. The Bertz CT molecular complexity index is 749. The van der Waals surface area contributed by atoms with Crippen LogP contribution in [0.4, 0.5) is 0 Å². The Morgan fingerprint density at radius 2 is 1.59 bits per heavy atom. The molecule has 3 aliphatic rings. The summed E-state index contributed by atoms with van der Waals surface area (Å²) in [6, 6.07) is 5.77. The van der Waals surface area contributed by atoms with Crippen molar-refractivity contribution in [2.75, 3.05) is 52.4 Å². The van der Waals surface area contributed by atoms with E-state index < -0.39 is 10.0 Å². The van der Waals surface area contributed by atoms with Crippen molar-refractivity contribution in [2.24, 2.45) is 5.92 Å². The Morgan fingerprint density at radius 1 is 0.926 bits per heavy atom. The molecule has 2 heterocycles. The lowest BCUT2D eigenvalue weighted by Gasteiger charge is -2.38. The van der Waals surface area contributed by atoms with Gasteiger partial charge in [0.1, 0.15) is 0 Å². The van der Waals surface area contributed by atoms with E-state index in [-0.39, 0.29) is 0 Å².